The molecule has 3 N–H and O–H groups in total. The third kappa shape index (κ3) is 2.16. The summed E-state index contributed by atoms with van der Waals surface area (Å²) >= 11 is 0. The third-order valence-electron chi connectivity index (χ3n) is 7.02. The molecule has 1 heterocycles. The molecule has 1 unspecified atom stereocenters. The highest BCUT2D eigenvalue weighted by atomic mass is 16.4. The molecule has 2 aromatic rings. The molecule has 0 bridgehead atoms. The zero-order valence-electron chi connectivity index (χ0n) is 15.5. The van der Waals surface area contributed by atoms with Crippen LogP contribution in [0, 0.1) is 18.3 Å². The van der Waals surface area contributed by atoms with Gasteiger partial charge in [-0.15, -0.1) is 0 Å². The van der Waals surface area contributed by atoms with E-state index in [0.717, 1.165) is 30.2 Å². The Kier molecular flexibility index (Phi) is 3.46. The number of hydrogen-bond donors (Lipinski definition) is 3. The second-order valence-corrected chi connectivity index (χ2v) is 8.99. The summed E-state index contributed by atoms with van der Waals surface area (Å²) in [4.78, 5) is 0. The minimum atomic E-state index is -0.635. The molecule has 0 amide bonds. The minimum Gasteiger partial charge on any atom is -0.504 e. The van der Waals surface area contributed by atoms with E-state index in [9.17, 15) is 15.3 Å². The van der Waals surface area contributed by atoms with Crippen LogP contribution in [0.5, 0.6) is 11.5 Å². The van der Waals surface area contributed by atoms with Crippen molar-refractivity contribution in [2.45, 2.75) is 71.3 Å². The summed E-state index contributed by atoms with van der Waals surface area (Å²) in [5, 5.41) is 31.9. The van der Waals surface area contributed by atoms with Crippen molar-refractivity contribution in [1.82, 2.24) is 0 Å². The smallest absolute Gasteiger partial charge is 0.164 e. The van der Waals surface area contributed by atoms with E-state index in [0.29, 0.717) is 29.2 Å². The number of aryl methyl sites for hydroxylation is 1. The number of furan rings is 1. The van der Waals surface area contributed by atoms with Gasteiger partial charge in [-0.2, -0.15) is 0 Å². The molecular formula is C21H28O4. The highest BCUT2D eigenvalue weighted by Gasteiger charge is 2.51. The van der Waals surface area contributed by atoms with Gasteiger partial charge in [0.15, 0.2) is 11.5 Å². The molecule has 0 spiro atoms. The van der Waals surface area contributed by atoms with Crippen LogP contribution in [0.25, 0.3) is 11.0 Å². The Labute approximate surface area is 148 Å². The van der Waals surface area contributed by atoms with E-state index in [1.54, 1.807) is 13.0 Å². The van der Waals surface area contributed by atoms with Gasteiger partial charge >= 0.3 is 0 Å². The van der Waals surface area contributed by atoms with Crippen LogP contribution < -0.4 is 0 Å². The predicted octanol–water partition coefficient (Wildman–Crippen LogP) is 5.06. The lowest BCUT2D eigenvalue weighted by molar-refractivity contribution is 0.0445. The van der Waals surface area contributed by atoms with Crippen molar-refractivity contribution in [1.29, 1.82) is 0 Å². The summed E-state index contributed by atoms with van der Waals surface area (Å²) in [7, 11) is 0. The van der Waals surface area contributed by atoms with Gasteiger partial charge in [-0.3, -0.25) is 0 Å². The summed E-state index contributed by atoms with van der Waals surface area (Å²) in [5.74, 6) is 0.812. The van der Waals surface area contributed by atoms with Crippen LogP contribution in [0.3, 0.4) is 0 Å². The fourth-order valence-electron chi connectivity index (χ4n) is 5.79. The number of fused-ring (bicyclic) bond motifs is 5. The van der Waals surface area contributed by atoms with Crippen LogP contribution in [0.1, 0.15) is 75.9 Å². The number of aliphatic hydroxyl groups excluding tert-OH is 1. The monoisotopic (exact) mass is 344 g/mol. The number of aromatic hydroxyl groups is 2. The van der Waals surface area contributed by atoms with Gasteiger partial charge in [-0.05, 0) is 55.4 Å². The molecule has 1 saturated carbocycles. The molecule has 3 atom stereocenters. The first-order valence-corrected chi connectivity index (χ1v) is 9.33. The topological polar surface area (TPSA) is 73.8 Å². The Morgan fingerprint density at radius 1 is 1.12 bits per heavy atom. The average Bonchev–Trinajstić information content (AvgIpc) is 2.86. The standard InChI is InChI=1S/C21H28O4/c1-11-17(24)14(23)10-12-16-19(25-18(11)12)13(22)6-7-15-20(2,3)8-5-9-21(15,16)4/h10,13,15,22-24H,5-9H2,1-4H3/t13?,15-,21-/m1/s1. The van der Waals surface area contributed by atoms with Gasteiger partial charge in [-0.1, -0.05) is 27.2 Å². The second-order valence-electron chi connectivity index (χ2n) is 8.99. The fourth-order valence-corrected chi connectivity index (χ4v) is 5.79. The number of benzene rings is 1. The van der Waals surface area contributed by atoms with Crippen molar-refractivity contribution in [2.75, 3.05) is 0 Å². The minimum absolute atomic E-state index is 0.102. The Hall–Kier alpha value is -1.68. The van der Waals surface area contributed by atoms with Gasteiger partial charge in [-0.25, -0.2) is 0 Å². The molecule has 1 aromatic carbocycles. The van der Waals surface area contributed by atoms with Crippen LogP contribution in [0.2, 0.25) is 0 Å². The largest absolute Gasteiger partial charge is 0.504 e. The van der Waals surface area contributed by atoms with E-state index < -0.39 is 6.10 Å². The van der Waals surface area contributed by atoms with Crippen LogP contribution in [0.4, 0.5) is 0 Å². The summed E-state index contributed by atoms with van der Waals surface area (Å²) in [6, 6.07) is 1.61. The molecule has 1 fully saturated rings. The van der Waals surface area contributed by atoms with Gasteiger partial charge in [0.05, 0.1) is 0 Å². The number of phenolic OH excluding ortho intramolecular Hbond substituents is 2. The lowest BCUT2D eigenvalue weighted by Crippen LogP contribution is -2.44. The van der Waals surface area contributed by atoms with Crippen LogP contribution in [-0.4, -0.2) is 15.3 Å². The first-order valence-electron chi connectivity index (χ1n) is 9.33. The number of hydrogen-bond acceptors (Lipinski definition) is 4. The van der Waals surface area contributed by atoms with E-state index in [4.69, 9.17) is 4.42 Å². The fraction of sp³-hybridized carbons (Fsp3) is 0.619. The van der Waals surface area contributed by atoms with E-state index >= 15 is 0 Å². The van der Waals surface area contributed by atoms with Crippen molar-refractivity contribution in [3.8, 4) is 11.5 Å². The normalized spacial score (nSPS) is 31.4. The first kappa shape index (κ1) is 16.8. The summed E-state index contributed by atoms with van der Waals surface area (Å²) < 4.78 is 6.11. The SMILES string of the molecule is Cc1c(O)c(O)cc2c3c(oc12)C(O)CC[C@@H]1C(C)(C)CCC[C@@]31C. The molecule has 0 aliphatic heterocycles. The molecule has 0 radical (unpaired) electrons. The van der Waals surface area contributed by atoms with E-state index in [-0.39, 0.29) is 22.3 Å². The second kappa shape index (κ2) is 5.16. The van der Waals surface area contributed by atoms with Crippen LogP contribution in [0.15, 0.2) is 10.5 Å². The van der Waals surface area contributed by atoms with Gasteiger partial charge in [0.25, 0.3) is 0 Å². The molecular weight excluding hydrogens is 316 g/mol. The molecule has 136 valence electrons. The maximum absolute atomic E-state index is 10.8. The van der Waals surface area contributed by atoms with Gasteiger partial charge in [0.1, 0.15) is 17.4 Å². The molecule has 4 rings (SSSR count). The summed E-state index contributed by atoms with van der Waals surface area (Å²) in [5.41, 5.74) is 2.26. The van der Waals surface area contributed by atoms with Crippen molar-refractivity contribution in [2.24, 2.45) is 11.3 Å². The van der Waals surface area contributed by atoms with Crippen molar-refractivity contribution in [3.05, 3.63) is 23.0 Å². The Balaban J connectivity index is 2.07. The maximum atomic E-state index is 10.8. The van der Waals surface area contributed by atoms with Crippen LogP contribution in [-0.2, 0) is 5.41 Å². The highest BCUT2D eigenvalue weighted by molar-refractivity contribution is 5.90. The maximum Gasteiger partial charge on any atom is 0.164 e. The van der Waals surface area contributed by atoms with Gasteiger partial charge < -0.3 is 19.7 Å². The predicted molar refractivity (Wildman–Crippen MR) is 96.9 cm³/mol. The van der Waals surface area contributed by atoms with Gasteiger partial charge in [0, 0.05) is 16.5 Å². The number of aliphatic hydroxyl groups is 1. The zero-order valence-corrected chi connectivity index (χ0v) is 15.5. The van der Waals surface area contributed by atoms with E-state index in [1.165, 1.54) is 6.42 Å². The van der Waals surface area contributed by atoms with Crippen molar-refractivity contribution in [3.63, 3.8) is 0 Å². The Bertz CT molecular complexity index is 847. The van der Waals surface area contributed by atoms with E-state index in [2.05, 4.69) is 20.8 Å². The van der Waals surface area contributed by atoms with Crippen molar-refractivity contribution >= 4 is 11.0 Å². The van der Waals surface area contributed by atoms with Crippen LogP contribution >= 0.6 is 0 Å². The molecule has 4 heteroatoms. The highest BCUT2D eigenvalue weighted by Crippen LogP contribution is 2.59. The summed E-state index contributed by atoms with van der Waals surface area (Å²) in [6.45, 7) is 8.72. The Morgan fingerprint density at radius 2 is 1.84 bits per heavy atom. The molecule has 25 heavy (non-hydrogen) atoms. The van der Waals surface area contributed by atoms with Gasteiger partial charge in [0.2, 0.25) is 0 Å². The lowest BCUT2D eigenvalue weighted by Gasteiger charge is -2.50. The molecule has 2 aliphatic rings. The third-order valence-corrected chi connectivity index (χ3v) is 7.02. The summed E-state index contributed by atoms with van der Waals surface area (Å²) in [6.07, 6.45) is 4.41. The van der Waals surface area contributed by atoms with Crippen molar-refractivity contribution < 1.29 is 19.7 Å². The number of rotatable bonds is 0. The Morgan fingerprint density at radius 3 is 2.56 bits per heavy atom. The first-order chi connectivity index (χ1) is 11.7. The molecule has 4 nitrogen and oxygen atoms in total. The zero-order chi connectivity index (χ0) is 18.1. The number of phenols is 2. The lowest BCUT2D eigenvalue weighted by atomic mass is 9.53. The molecule has 2 aliphatic carbocycles. The van der Waals surface area contributed by atoms with E-state index in [1.807, 2.05) is 0 Å². The molecule has 1 aromatic heterocycles. The average molecular weight is 344 g/mol. The molecule has 0 saturated heterocycles. The quantitative estimate of drug-likeness (QED) is 0.584.